The van der Waals surface area contributed by atoms with Crippen molar-refractivity contribution in [3.63, 3.8) is 0 Å². The molecule has 2 heterocycles. The number of aromatic nitrogens is 1. The van der Waals surface area contributed by atoms with Crippen LogP contribution in [-0.2, 0) is 6.42 Å². The normalized spacial score (nSPS) is 17.0. The highest BCUT2D eigenvalue weighted by atomic mass is 15.2. The second kappa shape index (κ2) is 4.84. The van der Waals surface area contributed by atoms with Gasteiger partial charge in [0.1, 0.15) is 5.82 Å². The van der Waals surface area contributed by atoms with E-state index in [2.05, 4.69) is 74.2 Å². The van der Waals surface area contributed by atoms with Gasteiger partial charge < -0.3 is 4.90 Å². The van der Waals surface area contributed by atoms with E-state index in [0.29, 0.717) is 6.04 Å². The average Bonchev–Trinajstić information content (AvgIpc) is 2.83. The van der Waals surface area contributed by atoms with Gasteiger partial charge in [0, 0.05) is 17.1 Å². The zero-order chi connectivity index (χ0) is 15.3. The fourth-order valence-corrected chi connectivity index (χ4v) is 3.50. The summed E-state index contributed by atoms with van der Waals surface area (Å²) in [4.78, 5) is 7.39. The highest BCUT2D eigenvalue weighted by molar-refractivity contribution is 5.84. The molecular formula is C20H20N2. The van der Waals surface area contributed by atoms with E-state index in [1.54, 1.807) is 0 Å². The molecule has 3 aromatic rings. The molecule has 2 aromatic carbocycles. The van der Waals surface area contributed by atoms with Gasteiger partial charge in [0.15, 0.2) is 0 Å². The summed E-state index contributed by atoms with van der Waals surface area (Å²) in [6.45, 7) is 6.56. The summed E-state index contributed by atoms with van der Waals surface area (Å²) in [5, 5.41) is 1.21. The van der Waals surface area contributed by atoms with Gasteiger partial charge >= 0.3 is 0 Å². The van der Waals surface area contributed by atoms with Gasteiger partial charge in [-0.3, -0.25) is 0 Å². The second-order valence-electron chi connectivity index (χ2n) is 6.38. The van der Waals surface area contributed by atoms with Crippen LogP contribution in [0.1, 0.15) is 23.6 Å². The molecule has 0 saturated carbocycles. The molecule has 0 unspecified atom stereocenters. The lowest BCUT2D eigenvalue weighted by Gasteiger charge is -2.26. The maximum Gasteiger partial charge on any atom is 0.136 e. The van der Waals surface area contributed by atoms with Crippen LogP contribution < -0.4 is 4.90 Å². The average molecular weight is 288 g/mol. The summed E-state index contributed by atoms with van der Waals surface area (Å²) in [6.07, 6.45) is 1.09. The Morgan fingerprint density at radius 2 is 1.86 bits per heavy atom. The molecule has 1 aromatic heterocycles. The third-order valence-corrected chi connectivity index (χ3v) is 4.57. The van der Waals surface area contributed by atoms with Gasteiger partial charge in [-0.05, 0) is 62.1 Å². The van der Waals surface area contributed by atoms with Crippen molar-refractivity contribution in [2.45, 2.75) is 33.2 Å². The molecule has 0 bridgehead atoms. The summed E-state index contributed by atoms with van der Waals surface area (Å²) >= 11 is 0. The standard InChI is InChI=1S/C20H20N2/c1-13-8-9-16-11-14(2)20(21-18(16)10-13)22-15(3)12-17-6-4-5-7-19(17)22/h4-11,15H,12H2,1-3H3/t15-/m1/s1. The quantitative estimate of drug-likeness (QED) is 0.631. The molecule has 1 atom stereocenters. The lowest BCUT2D eigenvalue weighted by atomic mass is 10.1. The number of hydrogen-bond acceptors (Lipinski definition) is 2. The number of benzene rings is 2. The Bertz CT molecular complexity index is 867. The molecule has 0 fully saturated rings. The second-order valence-corrected chi connectivity index (χ2v) is 6.38. The zero-order valence-electron chi connectivity index (χ0n) is 13.3. The van der Waals surface area contributed by atoms with Crippen LogP contribution in [0.25, 0.3) is 10.9 Å². The molecular weight excluding hydrogens is 268 g/mol. The van der Waals surface area contributed by atoms with E-state index in [0.717, 1.165) is 17.8 Å². The van der Waals surface area contributed by atoms with Crippen molar-refractivity contribution in [1.29, 1.82) is 0 Å². The number of para-hydroxylation sites is 1. The maximum atomic E-state index is 4.99. The molecule has 0 radical (unpaired) electrons. The number of rotatable bonds is 1. The number of pyridine rings is 1. The lowest BCUT2D eigenvalue weighted by molar-refractivity contribution is 0.750. The minimum Gasteiger partial charge on any atom is -0.323 e. The van der Waals surface area contributed by atoms with Crippen LogP contribution in [0.15, 0.2) is 48.5 Å². The van der Waals surface area contributed by atoms with Gasteiger partial charge in [0.2, 0.25) is 0 Å². The number of anilines is 2. The van der Waals surface area contributed by atoms with Gasteiger partial charge in [0.25, 0.3) is 0 Å². The van der Waals surface area contributed by atoms with Crippen LogP contribution in [-0.4, -0.2) is 11.0 Å². The van der Waals surface area contributed by atoms with Crippen LogP contribution in [0.5, 0.6) is 0 Å². The predicted octanol–water partition coefficient (Wildman–Crippen LogP) is 4.93. The van der Waals surface area contributed by atoms with Crippen molar-refractivity contribution in [1.82, 2.24) is 4.98 Å². The lowest BCUT2D eigenvalue weighted by Crippen LogP contribution is -2.25. The summed E-state index contributed by atoms with van der Waals surface area (Å²) in [5.74, 6) is 1.09. The van der Waals surface area contributed by atoms with Crippen molar-refractivity contribution in [3.8, 4) is 0 Å². The highest BCUT2D eigenvalue weighted by Gasteiger charge is 2.28. The Kier molecular flexibility index (Phi) is 2.93. The number of aryl methyl sites for hydroxylation is 2. The van der Waals surface area contributed by atoms with Crippen LogP contribution in [0.4, 0.5) is 11.5 Å². The van der Waals surface area contributed by atoms with E-state index >= 15 is 0 Å². The van der Waals surface area contributed by atoms with Crippen molar-refractivity contribution in [2.75, 3.05) is 4.90 Å². The van der Waals surface area contributed by atoms with Gasteiger partial charge in [-0.1, -0.05) is 30.3 Å². The third-order valence-electron chi connectivity index (χ3n) is 4.57. The monoisotopic (exact) mass is 288 g/mol. The van der Waals surface area contributed by atoms with Crippen molar-refractivity contribution >= 4 is 22.4 Å². The molecule has 0 N–H and O–H groups in total. The molecule has 110 valence electrons. The fourth-order valence-electron chi connectivity index (χ4n) is 3.50. The first-order valence-electron chi connectivity index (χ1n) is 7.88. The Hall–Kier alpha value is -2.35. The topological polar surface area (TPSA) is 16.1 Å². The van der Waals surface area contributed by atoms with Crippen LogP contribution >= 0.6 is 0 Å². The predicted molar refractivity (Wildman–Crippen MR) is 93.0 cm³/mol. The number of hydrogen-bond donors (Lipinski definition) is 0. The smallest absolute Gasteiger partial charge is 0.136 e. The molecule has 0 saturated heterocycles. The molecule has 0 aliphatic carbocycles. The number of fused-ring (bicyclic) bond motifs is 2. The first-order chi connectivity index (χ1) is 10.6. The van der Waals surface area contributed by atoms with Gasteiger partial charge in [0.05, 0.1) is 5.52 Å². The Morgan fingerprint density at radius 1 is 1.05 bits per heavy atom. The summed E-state index contributed by atoms with van der Waals surface area (Å²) in [6, 6.07) is 17.9. The van der Waals surface area contributed by atoms with Gasteiger partial charge in [-0.2, -0.15) is 0 Å². The zero-order valence-corrected chi connectivity index (χ0v) is 13.3. The first-order valence-corrected chi connectivity index (χ1v) is 7.88. The molecule has 2 nitrogen and oxygen atoms in total. The summed E-state index contributed by atoms with van der Waals surface area (Å²) < 4.78 is 0. The SMILES string of the molecule is Cc1ccc2cc(C)c(N3c4ccccc4C[C@H]3C)nc2c1. The first kappa shape index (κ1) is 13.3. The third kappa shape index (κ3) is 1.98. The van der Waals surface area contributed by atoms with E-state index < -0.39 is 0 Å². The van der Waals surface area contributed by atoms with E-state index in [1.165, 1.54) is 27.8 Å². The van der Waals surface area contributed by atoms with Gasteiger partial charge in [-0.15, -0.1) is 0 Å². The van der Waals surface area contributed by atoms with Gasteiger partial charge in [-0.25, -0.2) is 4.98 Å². The van der Waals surface area contributed by atoms with Crippen molar-refractivity contribution < 1.29 is 0 Å². The van der Waals surface area contributed by atoms with Crippen LogP contribution in [0.2, 0.25) is 0 Å². The Morgan fingerprint density at radius 3 is 2.73 bits per heavy atom. The molecule has 4 rings (SSSR count). The van der Waals surface area contributed by atoms with E-state index in [9.17, 15) is 0 Å². The molecule has 1 aliphatic rings. The Labute approximate surface area is 131 Å². The molecule has 0 amide bonds. The number of nitrogens with zero attached hydrogens (tertiary/aromatic N) is 2. The van der Waals surface area contributed by atoms with Crippen LogP contribution in [0, 0.1) is 13.8 Å². The maximum absolute atomic E-state index is 4.99. The molecule has 2 heteroatoms. The Balaban J connectivity index is 1.92. The largest absolute Gasteiger partial charge is 0.323 e. The van der Waals surface area contributed by atoms with Crippen LogP contribution in [0.3, 0.4) is 0 Å². The molecule has 0 spiro atoms. The molecule has 1 aliphatic heterocycles. The van der Waals surface area contributed by atoms with Crippen molar-refractivity contribution in [2.24, 2.45) is 0 Å². The molecule has 22 heavy (non-hydrogen) atoms. The summed E-state index contributed by atoms with van der Waals surface area (Å²) in [5.41, 5.74) is 6.29. The fraction of sp³-hybridized carbons (Fsp3) is 0.250. The van der Waals surface area contributed by atoms with E-state index in [4.69, 9.17) is 4.98 Å². The summed E-state index contributed by atoms with van der Waals surface area (Å²) in [7, 11) is 0. The highest BCUT2D eigenvalue weighted by Crippen LogP contribution is 2.39. The van der Waals surface area contributed by atoms with E-state index in [1.807, 2.05) is 0 Å². The van der Waals surface area contributed by atoms with Crippen molar-refractivity contribution in [3.05, 3.63) is 65.2 Å². The minimum absolute atomic E-state index is 0.450. The van der Waals surface area contributed by atoms with E-state index in [-0.39, 0.29) is 0 Å². The minimum atomic E-state index is 0.450.